The lowest BCUT2D eigenvalue weighted by molar-refractivity contribution is -0.119. The van der Waals surface area contributed by atoms with Crippen LogP contribution in [0.15, 0.2) is 36.9 Å². The zero-order chi connectivity index (χ0) is 20.2. The summed E-state index contributed by atoms with van der Waals surface area (Å²) in [5.74, 6) is 0.0871. The summed E-state index contributed by atoms with van der Waals surface area (Å²) < 4.78 is 7.21. The van der Waals surface area contributed by atoms with Crippen LogP contribution >= 0.6 is 0 Å². The molecular weight excluding hydrogens is 372 g/mol. The van der Waals surface area contributed by atoms with Gasteiger partial charge in [0.2, 0.25) is 5.91 Å². The molecule has 150 valence electrons. The number of nitrogens with two attached hydrogens (primary N) is 1. The molecule has 1 amide bonds. The molecular formula is C20H22N6O3. The minimum Gasteiger partial charge on any atom is -0.462 e. The standard InChI is InChI=1S/C20H22N6O3/c21-18-17-19(23-12-22-18)25(13-24-17)9-3-11-29-20(28)14-5-7-15(8-6-14)26-10-2-1-4-16(26)27/h5-8,12-13H,1-4,9-11H2,(H2,21,22,23). The number of ether oxygens (including phenoxy) is 1. The summed E-state index contributed by atoms with van der Waals surface area (Å²) in [6.45, 7) is 1.59. The van der Waals surface area contributed by atoms with Crippen molar-refractivity contribution < 1.29 is 14.3 Å². The highest BCUT2D eigenvalue weighted by molar-refractivity contribution is 5.95. The van der Waals surface area contributed by atoms with Gasteiger partial charge in [-0.3, -0.25) is 4.79 Å². The molecule has 1 saturated heterocycles. The van der Waals surface area contributed by atoms with Crippen LogP contribution in [0.25, 0.3) is 11.2 Å². The monoisotopic (exact) mass is 394 g/mol. The molecule has 1 aliphatic heterocycles. The highest BCUT2D eigenvalue weighted by Crippen LogP contribution is 2.21. The summed E-state index contributed by atoms with van der Waals surface area (Å²) >= 11 is 0. The number of carbonyl (C=O) groups excluding carboxylic acids is 2. The molecule has 4 rings (SSSR count). The van der Waals surface area contributed by atoms with Gasteiger partial charge in [-0.2, -0.15) is 0 Å². The van der Waals surface area contributed by atoms with Crippen molar-refractivity contribution in [3.63, 3.8) is 0 Å². The van der Waals surface area contributed by atoms with Crippen LogP contribution < -0.4 is 10.6 Å². The molecule has 9 nitrogen and oxygen atoms in total. The van der Waals surface area contributed by atoms with Crippen molar-refractivity contribution >= 4 is 34.5 Å². The molecule has 0 atom stereocenters. The zero-order valence-corrected chi connectivity index (χ0v) is 16.0. The van der Waals surface area contributed by atoms with Gasteiger partial charge in [-0.15, -0.1) is 0 Å². The smallest absolute Gasteiger partial charge is 0.338 e. The van der Waals surface area contributed by atoms with E-state index in [2.05, 4.69) is 15.0 Å². The summed E-state index contributed by atoms with van der Waals surface area (Å²) in [4.78, 5) is 38.3. The highest BCUT2D eigenvalue weighted by Gasteiger charge is 2.19. The fourth-order valence-corrected chi connectivity index (χ4v) is 3.40. The first-order valence-electron chi connectivity index (χ1n) is 9.62. The number of nitrogen functional groups attached to an aromatic ring is 1. The number of nitrogens with zero attached hydrogens (tertiary/aromatic N) is 5. The Morgan fingerprint density at radius 2 is 1.97 bits per heavy atom. The van der Waals surface area contributed by atoms with Gasteiger partial charge >= 0.3 is 5.97 Å². The van der Waals surface area contributed by atoms with E-state index in [9.17, 15) is 9.59 Å². The van der Waals surface area contributed by atoms with Crippen molar-refractivity contribution in [2.75, 3.05) is 23.8 Å². The van der Waals surface area contributed by atoms with Crippen LogP contribution in [0.5, 0.6) is 0 Å². The number of fused-ring (bicyclic) bond motifs is 1. The third-order valence-corrected chi connectivity index (χ3v) is 4.94. The molecule has 9 heteroatoms. The maximum atomic E-state index is 12.3. The van der Waals surface area contributed by atoms with Crippen LogP contribution in [0, 0.1) is 0 Å². The Hall–Kier alpha value is -3.49. The second-order valence-electron chi connectivity index (χ2n) is 6.91. The van der Waals surface area contributed by atoms with Gasteiger partial charge in [0.25, 0.3) is 0 Å². The molecule has 1 aliphatic rings. The first-order chi connectivity index (χ1) is 14.1. The number of imidazole rings is 1. The highest BCUT2D eigenvalue weighted by atomic mass is 16.5. The van der Waals surface area contributed by atoms with E-state index >= 15 is 0 Å². The predicted molar refractivity (Wildman–Crippen MR) is 107 cm³/mol. The summed E-state index contributed by atoms with van der Waals surface area (Å²) in [6.07, 6.45) is 6.18. The van der Waals surface area contributed by atoms with Gasteiger partial charge in [-0.05, 0) is 43.5 Å². The second-order valence-corrected chi connectivity index (χ2v) is 6.91. The lowest BCUT2D eigenvalue weighted by atomic mass is 10.1. The molecule has 2 N–H and O–H groups in total. The average molecular weight is 394 g/mol. The van der Waals surface area contributed by atoms with E-state index in [0.717, 1.165) is 25.1 Å². The van der Waals surface area contributed by atoms with E-state index in [4.69, 9.17) is 10.5 Å². The third-order valence-electron chi connectivity index (χ3n) is 4.94. The summed E-state index contributed by atoms with van der Waals surface area (Å²) in [6, 6.07) is 6.98. The molecule has 2 aromatic heterocycles. The number of anilines is 2. The van der Waals surface area contributed by atoms with Crippen molar-refractivity contribution in [1.82, 2.24) is 19.5 Å². The summed E-state index contributed by atoms with van der Waals surface area (Å²) in [5, 5.41) is 0. The number of hydrogen-bond acceptors (Lipinski definition) is 7. The van der Waals surface area contributed by atoms with Gasteiger partial charge in [0, 0.05) is 25.2 Å². The maximum absolute atomic E-state index is 12.3. The Morgan fingerprint density at radius 3 is 2.76 bits per heavy atom. The number of carbonyl (C=O) groups is 2. The van der Waals surface area contributed by atoms with Crippen molar-refractivity contribution in [2.24, 2.45) is 0 Å². The quantitative estimate of drug-likeness (QED) is 0.503. The fourth-order valence-electron chi connectivity index (χ4n) is 3.40. The number of benzene rings is 1. The van der Waals surface area contributed by atoms with Crippen LogP contribution in [0.4, 0.5) is 11.5 Å². The van der Waals surface area contributed by atoms with Gasteiger partial charge in [-0.1, -0.05) is 0 Å². The minimum atomic E-state index is -0.386. The minimum absolute atomic E-state index is 0.130. The number of aryl methyl sites for hydroxylation is 1. The van der Waals surface area contributed by atoms with E-state index < -0.39 is 0 Å². The van der Waals surface area contributed by atoms with E-state index in [1.165, 1.54) is 6.33 Å². The predicted octanol–water partition coefficient (Wildman–Crippen LogP) is 2.17. The Kier molecular flexibility index (Phi) is 5.37. The molecule has 3 heterocycles. The maximum Gasteiger partial charge on any atom is 0.338 e. The molecule has 0 saturated carbocycles. The lowest BCUT2D eigenvalue weighted by Gasteiger charge is -2.26. The number of esters is 1. The van der Waals surface area contributed by atoms with Crippen molar-refractivity contribution in [1.29, 1.82) is 0 Å². The molecule has 0 radical (unpaired) electrons. The average Bonchev–Trinajstić information content (AvgIpc) is 3.16. The van der Waals surface area contributed by atoms with E-state index in [-0.39, 0.29) is 18.5 Å². The SMILES string of the molecule is Nc1ncnc2c1ncn2CCCOC(=O)c1ccc(N2CCCCC2=O)cc1. The Morgan fingerprint density at radius 1 is 1.14 bits per heavy atom. The molecule has 0 spiro atoms. The Bertz CT molecular complexity index is 1030. The van der Waals surface area contributed by atoms with Gasteiger partial charge in [0.15, 0.2) is 11.5 Å². The molecule has 0 bridgehead atoms. The number of hydrogen-bond donors (Lipinski definition) is 1. The van der Waals surface area contributed by atoms with Crippen LogP contribution in [0.3, 0.4) is 0 Å². The topological polar surface area (TPSA) is 116 Å². The number of amides is 1. The summed E-state index contributed by atoms with van der Waals surface area (Å²) in [5.41, 5.74) is 8.29. The van der Waals surface area contributed by atoms with Gasteiger partial charge in [0.05, 0.1) is 18.5 Å². The van der Waals surface area contributed by atoms with Crippen LogP contribution in [-0.2, 0) is 16.1 Å². The van der Waals surface area contributed by atoms with Gasteiger partial charge in [-0.25, -0.2) is 19.7 Å². The largest absolute Gasteiger partial charge is 0.462 e. The zero-order valence-electron chi connectivity index (χ0n) is 16.0. The van der Waals surface area contributed by atoms with Crippen molar-refractivity contribution in [3.8, 4) is 0 Å². The van der Waals surface area contributed by atoms with E-state index in [0.29, 0.717) is 41.9 Å². The molecule has 0 unspecified atom stereocenters. The normalized spacial score (nSPS) is 14.3. The lowest BCUT2D eigenvalue weighted by Crippen LogP contribution is -2.35. The molecule has 1 fully saturated rings. The fraction of sp³-hybridized carbons (Fsp3) is 0.350. The molecule has 29 heavy (non-hydrogen) atoms. The van der Waals surface area contributed by atoms with Crippen molar-refractivity contribution in [3.05, 3.63) is 42.5 Å². The van der Waals surface area contributed by atoms with E-state index in [1.54, 1.807) is 35.5 Å². The summed E-state index contributed by atoms with van der Waals surface area (Å²) in [7, 11) is 0. The number of aromatic nitrogens is 4. The molecule has 0 aliphatic carbocycles. The Labute approximate surface area is 167 Å². The van der Waals surface area contributed by atoms with Crippen LogP contribution in [-0.4, -0.2) is 44.5 Å². The van der Waals surface area contributed by atoms with E-state index in [1.807, 2.05) is 4.57 Å². The van der Waals surface area contributed by atoms with Crippen LogP contribution in [0.2, 0.25) is 0 Å². The second kappa shape index (κ2) is 8.26. The first-order valence-corrected chi connectivity index (χ1v) is 9.62. The van der Waals surface area contributed by atoms with Gasteiger partial charge < -0.3 is 19.9 Å². The van der Waals surface area contributed by atoms with Gasteiger partial charge in [0.1, 0.15) is 11.8 Å². The molecule has 1 aromatic carbocycles. The molecule has 3 aromatic rings. The third kappa shape index (κ3) is 4.03. The van der Waals surface area contributed by atoms with Crippen LogP contribution in [0.1, 0.15) is 36.0 Å². The number of rotatable bonds is 6. The Balaban J connectivity index is 1.29. The number of piperidine rings is 1. The first kappa shape index (κ1) is 18.9. The van der Waals surface area contributed by atoms with Crippen molar-refractivity contribution in [2.45, 2.75) is 32.2 Å².